The topological polar surface area (TPSA) is 104 Å². The zero-order chi connectivity index (χ0) is 21.9. The molecule has 0 fully saturated rings. The Balaban J connectivity index is 1.76. The summed E-state index contributed by atoms with van der Waals surface area (Å²) in [5.74, 6) is 0.130. The van der Waals surface area contributed by atoms with Crippen molar-refractivity contribution in [3.8, 4) is 0 Å². The minimum Gasteiger partial charge on any atom is -0.465 e. The first-order chi connectivity index (χ1) is 15.1. The first-order valence-corrected chi connectivity index (χ1v) is 9.93. The summed E-state index contributed by atoms with van der Waals surface area (Å²) in [4.78, 5) is 32.6. The lowest BCUT2D eigenvalue weighted by Gasteiger charge is -2.21. The Morgan fingerprint density at radius 1 is 0.839 bits per heavy atom. The molecule has 0 radical (unpaired) electrons. The molecule has 1 heterocycles. The number of benzene rings is 2. The molecule has 0 aliphatic heterocycles. The van der Waals surface area contributed by atoms with Crippen molar-refractivity contribution in [2.45, 2.75) is 24.9 Å². The lowest BCUT2D eigenvalue weighted by Crippen LogP contribution is -2.50. The Bertz CT molecular complexity index is 995. The number of carbonyl (C=O) groups excluding carboxylic acids is 1. The van der Waals surface area contributed by atoms with Gasteiger partial charge in [0.1, 0.15) is 6.04 Å². The van der Waals surface area contributed by atoms with Gasteiger partial charge < -0.3 is 15.7 Å². The first kappa shape index (κ1) is 21.7. The van der Waals surface area contributed by atoms with Crippen LogP contribution in [-0.4, -0.2) is 39.2 Å². The van der Waals surface area contributed by atoms with E-state index in [0.29, 0.717) is 12.2 Å². The van der Waals surface area contributed by atoms with E-state index in [1.54, 1.807) is 24.5 Å². The molecule has 2 amide bonds. The van der Waals surface area contributed by atoms with Gasteiger partial charge in [0.05, 0.1) is 6.04 Å². The third-order valence-electron chi connectivity index (χ3n) is 4.59. The molecule has 0 aliphatic carbocycles. The van der Waals surface area contributed by atoms with E-state index in [1.807, 2.05) is 66.7 Å². The van der Waals surface area contributed by atoms with Crippen molar-refractivity contribution in [3.05, 3.63) is 102 Å². The number of nitrogens with zero attached hydrogens (tertiary/aromatic N) is 2. The minimum atomic E-state index is -1.25. The van der Waals surface area contributed by atoms with Gasteiger partial charge in [-0.25, -0.2) is 14.8 Å². The fourth-order valence-electron chi connectivity index (χ4n) is 3.13. The molecule has 0 saturated carbocycles. The monoisotopic (exact) mass is 416 g/mol. The van der Waals surface area contributed by atoms with Crippen LogP contribution in [0.25, 0.3) is 6.08 Å². The van der Waals surface area contributed by atoms with E-state index in [2.05, 4.69) is 20.6 Å². The van der Waals surface area contributed by atoms with Crippen LogP contribution in [0.15, 0.2) is 85.2 Å². The summed E-state index contributed by atoms with van der Waals surface area (Å²) in [6.07, 6.45) is 6.40. The maximum Gasteiger partial charge on any atom is 0.405 e. The molecule has 2 aromatic carbocycles. The lowest BCUT2D eigenvalue weighted by atomic mass is 10.0. The molecule has 0 bridgehead atoms. The van der Waals surface area contributed by atoms with Crippen molar-refractivity contribution in [2.24, 2.45) is 0 Å². The zero-order valence-electron chi connectivity index (χ0n) is 16.9. The van der Waals surface area contributed by atoms with E-state index < -0.39 is 18.0 Å². The highest BCUT2D eigenvalue weighted by molar-refractivity contribution is 5.86. The Hall–Kier alpha value is -4.00. The molecule has 158 valence electrons. The number of hydrogen-bond donors (Lipinski definition) is 3. The van der Waals surface area contributed by atoms with E-state index >= 15 is 0 Å². The van der Waals surface area contributed by atoms with Crippen molar-refractivity contribution in [1.29, 1.82) is 0 Å². The molecule has 2 atom stereocenters. The van der Waals surface area contributed by atoms with Gasteiger partial charge in [0.15, 0.2) is 5.82 Å². The van der Waals surface area contributed by atoms with Gasteiger partial charge in [-0.15, -0.1) is 0 Å². The van der Waals surface area contributed by atoms with E-state index in [1.165, 1.54) is 0 Å². The predicted octanol–water partition coefficient (Wildman–Crippen LogP) is 3.10. The Labute approximate surface area is 180 Å². The van der Waals surface area contributed by atoms with Crippen LogP contribution < -0.4 is 10.6 Å². The highest BCUT2D eigenvalue weighted by Gasteiger charge is 2.23. The number of carboxylic acid groups (broad SMARTS) is 1. The van der Waals surface area contributed by atoms with Crippen LogP contribution in [0.4, 0.5) is 4.79 Å². The molecule has 0 aliphatic rings. The van der Waals surface area contributed by atoms with Crippen molar-refractivity contribution < 1.29 is 14.7 Å². The lowest BCUT2D eigenvalue weighted by molar-refractivity contribution is -0.123. The molecule has 0 saturated heterocycles. The second kappa shape index (κ2) is 11.3. The van der Waals surface area contributed by atoms with Crippen molar-refractivity contribution >= 4 is 18.1 Å². The van der Waals surface area contributed by atoms with Crippen LogP contribution in [0.1, 0.15) is 17.0 Å². The van der Waals surface area contributed by atoms with E-state index in [4.69, 9.17) is 0 Å². The van der Waals surface area contributed by atoms with Crippen molar-refractivity contribution in [3.63, 3.8) is 0 Å². The van der Waals surface area contributed by atoms with Gasteiger partial charge in [-0.3, -0.25) is 4.79 Å². The standard InChI is InChI=1S/C24H24N4O3/c29-23(21(28-24(30)31)17-19-10-5-2-6-11-19)27-20(16-18-8-3-1-4-9-18)12-13-22-25-14-7-15-26-22/h1-15,20-21,28H,16-17H2,(H,27,29)(H,30,31)/b13-12+/t20-,21+/m1/s1. The van der Waals surface area contributed by atoms with Crippen LogP contribution in [0.3, 0.4) is 0 Å². The average molecular weight is 416 g/mol. The van der Waals surface area contributed by atoms with Gasteiger partial charge >= 0.3 is 6.09 Å². The average Bonchev–Trinajstić information content (AvgIpc) is 2.79. The Morgan fingerprint density at radius 2 is 1.42 bits per heavy atom. The third kappa shape index (κ3) is 7.40. The zero-order valence-corrected chi connectivity index (χ0v) is 16.9. The van der Waals surface area contributed by atoms with Crippen LogP contribution in [-0.2, 0) is 17.6 Å². The Kier molecular flexibility index (Phi) is 7.88. The third-order valence-corrected chi connectivity index (χ3v) is 4.59. The number of hydrogen-bond acceptors (Lipinski definition) is 4. The van der Waals surface area contributed by atoms with Gasteiger partial charge in [0.25, 0.3) is 0 Å². The van der Waals surface area contributed by atoms with Crippen LogP contribution >= 0.6 is 0 Å². The van der Waals surface area contributed by atoms with Crippen molar-refractivity contribution in [2.75, 3.05) is 0 Å². The first-order valence-electron chi connectivity index (χ1n) is 9.93. The second-order valence-corrected chi connectivity index (χ2v) is 6.96. The maximum atomic E-state index is 13.0. The highest BCUT2D eigenvalue weighted by atomic mass is 16.4. The summed E-state index contributed by atoms with van der Waals surface area (Å²) in [7, 11) is 0. The molecule has 1 aromatic heterocycles. The van der Waals surface area contributed by atoms with Gasteiger partial charge in [-0.2, -0.15) is 0 Å². The fourth-order valence-corrected chi connectivity index (χ4v) is 3.13. The van der Waals surface area contributed by atoms with Crippen molar-refractivity contribution in [1.82, 2.24) is 20.6 Å². The summed E-state index contributed by atoms with van der Waals surface area (Å²) >= 11 is 0. The number of nitrogens with one attached hydrogen (secondary N) is 2. The van der Waals surface area contributed by atoms with Gasteiger partial charge in [-0.05, 0) is 29.7 Å². The summed E-state index contributed by atoms with van der Waals surface area (Å²) in [5, 5.41) is 14.5. The Morgan fingerprint density at radius 3 is 2.00 bits per heavy atom. The molecular formula is C24H24N4O3. The highest BCUT2D eigenvalue weighted by Crippen LogP contribution is 2.08. The van der Waals surface area contributed by atoms with Crippen LogP contribution in [0.5, 0.6) is 0 Å². The predicted molar refractivity (Wildman–Crippen MR) is 118 cm³/mol. The molecule has 0 unspecified atom stereocenters. The quantitative estimate of drug-likeness (QED) is 0.497. The molecule has 3 N–H and O–H groups in total. The molecule has 7 heteroatoms. The summed E-state index contributed by atoms with van der Waals surface area (Å²) in [6.45, 7) is 0. The molecule has 31 heavy (non-hydrogen) atoms. The van der Waals surface area contributed by atoms with Crippen LogP contribution in [0, 0.1) is 0 Å². The molecule has 0 spiro atoms. The smallest absolute Gasteiger partial charge is 0.405 e. The number of amides is 2. The molecule has 3 aromatic rings. The fraction of sp³-hybridized carbons (Fsp3) is 0.167. The van der Waals surface area contributed by atoms with E-state index in [9.17, 15) is 14.7 Å². The number of carbonyl (C=O) groups is 2. The number of aromatic nitrogens is 2. The van der Waals surface area contributed by atoms with Gasteiger partial charge in [0.2, 0.25) is 5.91 Å². The number of rotatable bonds is 9. The normalized spacial score (nSPS) is 12.8. The van der Waals surface area contributed by atoms with E-state index in [0.717, 1.165) is 11.1 Å². The summed E-state index contributed by atoms with van der Waals surface area (Å²) < 4.78 is 0. The van der Waals surface area contributed by atoms with Gasteiger partial charge in [0, 0.05) is 18.8 Å². The maximum absolute atomic E-state index is 13.0. The van der Waals surface area contributed by atoms with Crippen LogP contribution in [0.2, 0.25) is 0 Å². The minimum absolute atomic E-state index is 0.253. The molecular weight excluding hydrogens is 392 g/mol. The largest absolute Gasteiger partial charge is 0.465 e. The molecule has 7 nitrogen and oxygen atoms in total. The molecule has 3 rings (SSSR count). The van der Waals surface area contributed by atoms with E-state index in [-0.39, 0.29) is 12.5 Å². The summed E-state index contributed by atoms with van der Waals surface area (Å²) in [6, 6.07) is 19.5. The SMILES string of the molecule is O=C(O)N[C@@H](Cc1ccccc1)C(=O)N[C@H](/C=C/c1ncccn1)Cc1ccccc1. The second-order valence-electron chi connectivity index (χ2n) is 6.96. The van der Waals surface area contributed by atoms with Gasteiger partial charge in [-0.1, -0.05) is 66.7 Å². The summed E-state index contributed by atoms with van der Waals surface area (Å²) in [5.41, 5.74) is 1.90.